The molecule has 0 aromatic heterocycles. The van der Waals surface area contributed by atoms with Crippen LogP contribution in [0.2, 0.25) is 0 Å². The Morgan fingerprint density at radius 2 is 1.08 bits per heavy atom. The van der Waals surface area contributed by atoms with Crippen molar-refractivity contribution in [1.82, 2.24) is 0 Å². The van der Waals surface area contributed by atoms with Crippen LogP contribution in [0, 0.1) is 13.8 Å². The average molecular weight is 372 g/mol. The molecule has 0 radical (unpaired) electrons. The van der Waals surface area contributed by atoms with Gasteiger partial charge in [-0.1, -0.05) is 35.4 Å². The van der Waals surface area contributed by atoms with E-state index in [0.29, 0.717) is 0 Å². The molecule has 0 aliphatic rings. The minimum Gasteiger partial charge on any atom is -0.391 e. The first-order valence-electron chi connectivity index (χ1n) is 6.98. The fourth-order valence-electron chi connectivity index (χ4n) is 2.10. The zero-order valence-corrected chi connectivity index (χ0v) is 14.7. The summed E-state index contributed by atoms with van der Waals surface area (Å²) in [4.78, 5) is -1.03. The third-order valence-corrected chi connectivity index (χ3v) is 8.62. The molecule has 0 saturated heterocycles. The lowest BCUT2D eigenvalue weighted by atomic mass is 10.2. The molecular weight excluding hydrogens is 355 g/mol. The van der Waals surface area contributed by atoms with Crippen molar-refractivity contribution in [3.05, 3.63) is 59.7 Å². The van der Waals surface area contributed by atoms with Crippen LogP contribution >= 0.6 is 0 Å². The molecule has 0 aliphatic heterocycles. The molecule has 24 heavy (non-hydrogen) atoms. The van der Waals surface area contributed by atoms with Crippen LogP contribution < -0.4 is 0 Å². The molecule has 2 rings (SSSR count). The van der Waals surface area contributed by atoms with Crippen LogP contribution in [0.3, 0.4) is 0 Å². The molecule has 0 spiro atoms. The van der Waals surface area contributed by atoms with Crippen molar-refractivity contribution < 1.29 is 26.3 Å². The Bertz CT molecular complexity index is 855. The standard InChI is InChI=1S/C16H17FO5S2/c1-12-3-7-14(8-4-12)23(19,20)16(17,11-18)24(21,22)15-9-5-13(2)6-10-15/h3-10,18H,11H2,1-2H3. The van der Waals surface area contributed by atoms with Crippen molar-refractivity contribution >= 4 is 19.7 Å². The number of rotatable bonds is 5. The summed E-state index contributed by atoms with van der Waals surface area (Å²) in [7, 11) is -9.98. The van der Waals surface area contributed by atoms with Gasteiger partial charge in [0.25, 0.3) is 0 Å². The van der Waals surface area contributed by atoms with Gasteiger partial charge in [0.05, 0.1) is 9.79 Å². The summed E-state index contributed by atoms with van der Waals surface area (Å²) in [6.45, 7) is 1.70. The SMILES string of the molecule is Cc1ccc(S(=O)(=O)C(F)(CO)S(=O)(=O)c2ccc(C)cc2)cc1. The average Bonchev–Trinajstić information content (AvgIpc) is 2.54. The molecule has 0 atom stereocenters. The quantitative estimate of drug-likeness (QED) is 0.869. The number of halogens is 1. The molecule has 2 aromatic carbocycles. The van der Waals surface area contributed by atoms with Gasteiger partial charge in [0.1, 0.15) is 6.61 Å². The second kappa shape index (κ2) is 6.27. The van der Waals surface area contributed by atoms with Crippen molar-refractivity contribution in [1.29, 1.82) is 0 Å². The minimum absolute atomic E-state index is 0.514. The van der Waals surface area contributed by atoms with Crippen LogP contribution in [0.25, 0.3) is 0 Å². The smallest absolute Gasteiger partial charge is 0.340 e. The first-order chi connectivity index (χ1) is 11.1. The minimum atomic E-state index is -4.99. The topological polar surface area (TPSA) is 88.5 Å². The normalized spacial score (nSPS) is 13.0. The molecular formula is C16H17FO5S2. The van der Waals surface area contributed by atoms with E-state index in [0.717, 1.165) is 35.4 Å². The van der Waals surface area contributed by atoms with Gasteiger partial charge in [-0.2, -0.15) is 0 Å². The van der Waals surface area contributed by atoms with Crippen molar-refractivity contribution in [2.75, 3.05) is 6.61 Å². The van der Waals surface area contributed by atoms with Crippen molar-refractivity contribution in [2.45, 2.75) is 28.0 Å². The highest BCUT2D eigenvalue weighted by atomic mass is 32.3. The largest absolute Gasteiger partial charge is 0.391 e. The summed E-state index contributed by atoms with van der Waals surface area (Å²) in [5.74, 6) is 0. The molecule has 1 N–H and O–H groups in total. The first-order valence-corrected chi connectivity index (χ1v) is 9.95. The molecule has 5 nitrogen and oxygen atoms in total. The summed E-state index contributed by atoms with van der Waals surface area (Å²) in [6.07, 6.45) is 0. The Labute approximate surface area is 140 Å². The highest BCUT2D eigenvalue weighted by Crippen LogP contribution is 2.36. The van der Waals surface area contributed by atoms with E-state index in [2.05, 4.69) is 0 Å². The Kier molecular flexibility index (Phi) is 4.85. The Balaban J connectivity index is 2.66. The monoisotopic (exact) mass is 372 g/mol. The third-order valence-electron chi connectivity index (χ3n) is 3.65. The van der Waals surface area contributed by atoms with Crippen molar-refractivity contribution in [2.24, 2.45) is 0 Å². The number of hydrogen-bond acceptors (Lipinski definition) is 5. The van der Waals surface area contributed by atoms with E-state index in [-0.39, 0.29) is 0 Å². The van der Waals surface area contributed by atoms with Crippen molar-refractivity contribution in [3.8, 4) is 0 Å². The molecule has 0 unspecified atom stereocenters. The Hall–Kier alpha value is -1.77. The highest BCUT2D eigenvalue weighted by molar-refractivity contribution is 8.10. The maximum Gasteiger partial charge on any atom is 0.340 e. The fraction of sp³-hybridized carbons (Fsp3) is 0.250. The summed E-state index contributed by atoms with van der Waals surface area (Å²) >= 11 is 0. The lowest BCUT2D eigenvalue weighted by Gasteiger charge is -2.23. The number of alkyl halides is 1. The number of aliphatic hydroxyl groups is 1. The highest BCUT2D eigenvalue weighted by Gasteiger charge is 2.57. The van der Waals surface area contributed by atoms with Gasteiger partial charge in [-0.25, -0.2) is 21.2 Å². The molecule has 0 heterocycles. The predicted molar refractivity (Wildman–Crippen MR) is 87.7 cm³/mol. The van der Waals surface area contributed by atoms with Crippen LogP contribution in [0.1, 0.15) is 11.1 Å². The molecule has 130 valence electrons. The van der Waals surface area contributed by atoms with E-state index in [1.165, 1.54) is 24.3 Å². The molecule has 0 amide bonds. The number of aliphatic hydroxyl groups excluding tert-OH is 1. The second-order valence-corrected chi connectivity index (χ2v) is 9.96. The van der Waals surface area contributed by atoms with Crippen LogP contribution in [0.5, 0.6) is 0 Å². The maximum atomic E-state index is 15.2. The number of aryl methyl sites for hydroxylation is 2. The van der Waals surface area contributed by atoms with Gasteiger partial charge in [-0.05, 0) is 38.1 Å². The second-order valence-electron chi connectivity index (χ2n) is 5.45. The van der Waals surface area contributed by atoms with Gasteiger partial charge in [0.15, 0.2) is 0 Å². The summed E-state index contributed by atoms with van der Waals surface area (Å²) < 4.78 is 61.6. The maximum absolute atomic E-state index is 15.2. The lowest BCUT2D eigenvalue weighted by molar-refractivity contribution is 0.196. The number of sulfone groups is 2. The molecule has 0 bridgehead atoms. The Morgan fingerprint density at radius 3 is 1.33 bits per heavy atom. The molecule has 0 fully saturated rings. The van der Waals surface area contributed by atoms with E-state index in [4.69, 9.17) is 0 Å². The number of hydrogen-bond donors (Lipinski definition) is 1. The fourth-order valence-corrected chi connectivity index (χ4v) is 5.87. The van der Waals surface area contributed by atoms with Gasteiger partial charge >= 0.3 is 4.33 Å². The third kappa shape index (κ3) is 2.85. The van der Waals surface area contributed by atoms with Gasteiger partial charge < -0.3 is 5.11 Å². The zero-order chi connectivity index (χ0) is 18.2. The molecule has 0 saturated carbocycles. The van der Waals surface area contributed by atoms with Gasteiger partial charge in [-0.3, -0.25) is 0 Å². The van der Waals surface area contributed by atoms with E-state index in [9.17, 15) is 21.9 Å². The molecule has 0 aliphatic carbocycles. The van der Waals surface area contributed by atoms with E-state index in [1.54, 1.807) is 13.8 Å². The Morgan fingerprint density at radius 1 is 0.792 bits per heavy atom. The molecule has 2 aromatic rings. The first kappa shape index (κ1) is 18.6. The van der Waals surface area contributed by atoms with Gasteiger partial charge in [0, 0.05) is 0 Å². The van der Waals surface area contributed by atoms with Gasteiger partial charge in [0.2, 0.25) is 19.7 Å². The van der Waals surface area contributed by atoms with Crippen LogP contribution in [-0.2, 0) is 19.7 Å². The van der Waals surface area contributed by atoms with Crippen molar-refractivity contribution in [3.63, 3.8) is 0 Å². The van der Waals surface area contributed by atoms with E-state index in [1.807, 2.05) is 0 Å². The van der Waals surface area contributed by atoms with E-state index < -0.39 is 40.4 Å². The van der Waals surface area contributed by atoms with Crippen LogP contribution in [0.15, 0.2) is 58.3 Å². The van der Waals surface area contributed by atoms with Crippen LogP contribution in [0.4, 0.5) is 4.39 Å². The molecule has 8 heteroatoms. The lowest BCUT2D eigenvalue weighted by Crippen LogP contribution is -2.45. The summed E-state index contributed by atoms with van der Waals surface area (Å²) in [6, 6.07) is 10.1. The van der Waals surface area contributed by atoms with E-state index >= 15 is 4.39 Å². The van der Waals surface area contributed by atoms with Gasteiger partial charge in [-0.15, -0.1) is 0 Å². The summed E-state index contributed by atoms with van der Waals surface area (Å²) in [5, 5.41) is 9.36. The van der Waals surface area contributed by atoms with Crippen LogP contribution in [-0.4, -0.2) is 32.9 Å². The zero-order valence-electron chi connectivity index (χ0n) is 13.1. The number of benzene rings is 2. The predicted octanol–water partition coefficient (Wildman–Crippen LogP) is 2.17. The summed E-state index contributed by atoms with van der Waals surface area (Å²) in [5.41, 5.74) is 1.45.